The standard InChI is InChI=1S/C15H15Cl2NO/c1-10-4-3-7-18-14(10)9-13(17)12-8-11(16)5-6-15(12)19-2/h3-8,13H,9H2,1-2H3. The van der Waals surface area contributed by atoms with Crippen LogP contribution < -0.4 is 4.74 Å². The molecule has 0 aliphatic heterocycles. The number of halogens is 2. The molecule has 2 nitrogen and oxygen atoms in total. The first kappa shape index (κ1) is 14.2. The quantitative estimate of drug-likeness (QED) is 0.771. The third-order valence-electron chi connectivity index (χ3n) is 3.02. The van der Waals surface area contributed by atoms with Crippen LogP contribution in [0, 0.1) is 6.92 Å². The monoisotopic (exact) mass is 295 g/mol. The smallest absolute Gasteiger partial charge is 0.123 e. The van der Waals surface area contributed by atoms with E-state index in [2.05, 4.69) is 4.98 Å². The van der Waals surface area contributed by atoms with E-state index in [0.717, 1.165) is 22.6 Å². The largest absolute Gasteiger partial charge is 0.496 e. The maximum atomic E-state index is 6.49. The fraction of sp³-hybridized carbons (Fsp3) is 0.267. The lowest BCUT2D eigenvalue weighted by Gasteiger charge is -2.15. The van der Waals surface area contributed by atoms with Crippen LogP contribution in [0.25, 0.3) is 0 Å². The number of rotatable bonds is 4. The Kier molecular flexibility index (Phi) is 4.67. The van der Waals surface area contributed by atoms with Crippen LogP contribution in [0.4, 0.5) is 0 Å². The topological polar surface area (TPSA) is 22.1 Å². The van der Waals surface area contributed by atoms with Crippen LogP contribution >= 0.6 is 23.2 Å². The van der Waals surface area contributed by atoms with E-state index in [0.29, 0.717) is 11.4 Å². The highest BCUT2D eigenvalue weighted by molar-refractivity contribution is 6.31. The minimum absolute atomic E-state index is 0.220. The predicted molar refractivity (Wildman–Crippen MR) is 79.3 cm³/mol. The number of hydrogen-bond acceptors (Lipinski definition) is 2. The zero-order valence-corrected chi connectivity index (χ0v) is 12.4. The highest BCUT2D eigenvalue weighted by Gasteiger charge is 2.16. The third-order valence-corrected chi connectivity index (χ3v) is 3.64. The zero-order valence-electron chi connectivity index (χ0n) is 10.9. The molecule has 0 aliphatic carbocycles. The van der Waals surface area contributed by atoms with Gasteiger partial charge in [0.15, 0.2) is 0 Å². The number of aryl methyl sites for hydroxylation is 1. The number of benzene rings is 1. The van der Waals surface area contributed by atoms with Gasteiger partial charge in [-0.15, -0.1) is 11.6 Å². The minimum atomic E-state index is -0.220. The maximum absolute atomic E-state index is 6.49. The third kappa shape index (κ3) is 3.40. The van der Waals surface area contributed by atoms with Crippen molar-refractivity contribution in [3.05, 3.63) is 58.4 Å². The van der Waals surface area contributed by atoms with Crippen molar-refractivity contribution in [3.63, 3.8) is 0 Å². The molecule has 0 radical (unpaired) electrons. The molecule has 0 N–H and O–H groups in total. The fourth-order valence-corrected chi connectivity index (χ4v) is 2.46. The van der Waals surface area contributed by atoms with Gasteiger partial charge >= 0.3 is 0 Å². The second-order valence-electron chi connectivity index (χ2n) is 4.32. The van der Waals surface area contributed by atoms with E-state index < -0.39 is 0 Å². The van der Waals surface area contributed by atoms with Crippen LogP contribution in [0.15, 0.2) is 36.5 Å². The lowest BCUT2D eigenvalue weighted by Crippen LogP contribution is -2.02. The molecule has 0 fully saturated rings. The second kappa shape index (κ2) is 6.27. The molecule has 2 aromatic rings. The Balaban J connectivity index is 2.27. The van der Waals surface area contributed by atoms with Gasteiger partial charge in [0.1, 0.15) is 5.75 Å². The molecule has 0 saturated carbocycles. The van der Waals surface area contributed by atoms with Crippen molar-refractivity contribution in [3.8, 4) is 5.75 Å². The van der Waals surface area contributed by atoms with Crippen molar-refractivity contribution in [2.24, 2.45) is 0 Å². The minimum Gasteiger partial charge on any atom is -0.496 e. The molecule has 1 heterocycles. The van der Waals surface area contributed by atoms with E-state index in [4.69, 9.17) is 27.9 Å². The summed E-state index contributed by atoms with van der Waals surface area (Å²) in [5.74, 6) is 0.748. The fourth-order valence-electron chi connectivity index (χ4n) is 1.96. The lowest BCUT2D eigenvalue weighted by molar-refractivity contribution is 0.409. The number of nitrogens with zero attached hydrogens (tertiary/aromatic N) is 1. The van der Waals surface area contributed by atoms with Crippen molar-refractivity contribution in [1.82, 2.24) is 4.98 Å². The van der Waals surface area contributed by atoms with Crippen LogP contribution in [0.1, 0.15) is 22.2 Å². The summed E-state index contributed by atoms with van der Waals surface area (Å²) < 4.78 is 5.33. The summed E-state index contributed by atoms with van der Waals surface area (Å²) in [6.45, 7) is 2.03. The van der Waals surface area contributed by atoms with E-state index >= 15 is 0 Å². The summed E-state index contributed by atoms with van der Waals surface area (Å²) >= 11 is 12.5. The Labute approximate surface area is 123 Å². The first-order valence-corrected chi connectivity index (χ1v) is 6.81. The van der Waals surface area contributed by atoms with E-state index in [-0.39, 0.29) is 5.38 Å². The Morgan fingerprint density at radius 2 is 2.11 bits per heavy atom. The van der Waals surface area contributed by atoms with E-state index in [1.54, 1.807) is 19.4 Å². The zero-order chi connectivity index (χ0) is 13.8. The van der Waals surface area contributed by atoms with Gasteiger partial charge < -0.3 is 4.74 Å². The van der Waals surface area contributed by atoms with Gasteiger partial charge in [-0.25, -0.2) is 0 Å². The lowest BCUT2D eigenvalue weighted by atomic mass is 10.0. The summed E-state index contributed by atoms with van der Waals surface area (Å²) in [6.07, 6.45) is 2.42. The average Bonchev–Trinajstić information content (AvgIpc) is 2.41. The first-order chi connectivity index (χ1) is 9.11. The molecule has 4 heteroatoms. The molecule has 0 saturated heterocycles. The SMILES string of the molecule is COc1ccc(Cl)cc1C(Cl)Cc1ncccc1C. The molecule has 19 heavy (non-hydrogen) atoms. The molecule has 100 valence electrons. The van der Waals surface area contributed by atoms with Crippen molar-refractivity contribution in [2.45, 2.75) is 18.7 Å². The Morgan fingerprint density at radius 1 is 1.32 bits per heavy atom. The van der Waals surface area contributed by atoms with Gasteiger partial charge in [0, 0.05) is 28.9 Å². The molecule has 0 bridgehead atoms. The van der Waals surface area contributed by atoms with Crippen LogP contribution in [-0.4, -0.2) is 12.1 Å². The molecule has 0 spiro atoms. The molecular formula is C15H15Cl2NO. The van der Waals surface area contributed by atoms with Gasteiger partial charge in [0.2, 0.25) is 0 Å². The highest BCUT2D eigenvalue weighted by atomic mass is 35.5. The normalized spacial score (nSPS) is 12.2. The van der Waals surface area contributed by atoms with Crippen LogP contribution in [0.2, 0.25) is 5.02 Å². The molecule has 1 atom stereocenters. The summed E-state index contributed by atoms with van der Waals surface area (Å²) in [4.78, 5) is 4.36. The Morgan fingerprint density at radius 3 is 2.79 bits per heavy atom. The predicted octanol–water partition coefficient (Wildman–Crippen LogP) is 4.57. The van der Waals surface area contributed by atoms with E-state index in [9.17, 15) is 0 Å². The first-order valence-electron chi connectivity index (χ1n) is 6.00. The Bertz CT molecular complexity index is 572. The van der Waals surface area contributed by atoms with Crippen molar-refractivity contribution in [2.75, 3.05) is 7.11 Å². The van der Waals surface area contributed by atoms with Gasteiger partial charge in [-0.3, -0.25) is 4.98 Å². The second-order valence-corrected chi connectivity index (χ2v) is 5.29. The van der Waals surface area contributed by atoms with E-state index in [1.165, 1.54) is 0 Å². The number of pyridine rings is 1. The Hall–Kier alpha value is -1.25. The molecule has 0 aliphatic rings. The summed E-state index contributed by atoms with van der Waals surface area (Å²) in [5, 5.41) is 0.432. The van der Waals surface area contributed by atoms with E-state index in [1.807, 2.05) is 31.2 Å². The maximum Gasteiger partial charge on any atom is 0.123 e. The van der Waals surface area contributed by atoms with Crippen LogP contribution in [-0.2, 0) is 6.42 Å². The number of hydrogen-bond donors (Lipinski definition) is 0. The van der Waals surface area contributed by atoms with Crippen LogP contribution in [0.5, 0.6) is 5.75 Å². The molecular weight excluding hydrogens is 281 g/mol. The number of methoxy groups -OCH3 is 1. The summed E-state index contributed by atoms with van der Waals surface area (Å²) in [6, 6.07) is 9.41. The van der Waals surface area contributed by atoms with Crippen LogP contribution in [0.3, 0.4) is 0 Å². The number of alkyl halides is 1. The highest BCUT2D eigenvalue weighted by Crippen LogP contribution is 2.34. The molecule has 1 aromatic heterocycles. The van der Waals surface area contributed by atoms with Gasteiger partial charge in [0.05, 0.1) is 12.5 Å². The average molecular weight is 296 g/mol. The van der Waals surface area contributed by atoms with Gasteiger partial charge in [-0.1, -0.05) is 17.7 Å². The van der Waals surface area contributed by atoms with Crippen molar-refractivity contribution in [1.29, 1.82) is 0 Å². The number of ether oxygens (including phenoxy) is 1. The van der Waals surface area contributed by atoms with Crippen molar-refractivity contribution < 1.29 is 4.74 Å². The molecule has 2 rings (SSSR count). The molecule has 0 amide bonds. The molecule has 1 unspecified atom stereocenters. The van der Waals surface area contributed by atoms with Gasteiger partial charge in [-0.2, -0.15) is 0 Å². The van der Waals surface area contributed by atoms with Gasteiger partial charge in [0.25, 0.3) is 0 Å². The summed E-state index contributed by atoms with van der Waals surface area (Å²) in [7, 11) is 1.63. The van der Waals surface area contributed by atoms with Crippen molar-refractivity contribution >= 4 is 23.2 Å². The number of aromatic nitrogens is 1. The molecule has 1 aromatic carbocycles. The summed E-state index contributed by atoms with van der Waals surface area (Å²) in [5.41, 5.74) is 3.01. The van der Waals surface area contributed by atoms with Gasteiger partial charge in [-0.05, 0) is 36.8 Å².